The summed E-state index contributed by atoms with van der Waals surface area (Å²) in [5.74, 6) is 0. The Balaban J connectivity index is 2.28. The summed E-state index contributed by atoms with van der Waals surface area (Å²) in [6, 6.07) is 0. The Morgan fingerprint density at radius 1 is 1.45 bits per heavy atom. The third kappa shape index (κ3) is 3.12. The van der Waals surface area contributed by atoms with E-state index in [-0.39, 0.29) is 0 Å². The molecule has 0 saturated carbocycles. The van der Waals surface area contributed by atoms with Crippen LogP contribution in [-0.2, 0) is 0 Å². The number of hydrogen-bond acceptors (Lipinski definition) is 2. The Morgan fingerprint density at radius 3 is 3.00 bits per heavy atom. The number of aromatic nitrogens is 2. The fraction of sp³-hybridized carbons (Fsp3) is 0.444. The molecule has 1 aromatic heterocycles. The van der Waals surface area contributed by atoms with Gasteiger partial charge >= 0.3 is 0 Å². The molecule has 0 aromatic carbocycles. The number of nitrogens with zero attached hydrogens (tertiary/aromatic N) is 2. The maximum atomic E-state index is 4.13. The van der Waals surface area contributed by atoms with Crippen LogP contribution in [0.1, 0.15) is 31.9 Å². The molecule has 11 heavy (non-hydrogen) atoms. The van der Waals surface area contributed by atoms with E-state index in [2.05, 4.69) is 23.3 Å². The first kappa shape index (κ1) is 8.18. The summed E-state index contributed by atoms with van der Waals surface area (Å²) in [7, 11) is 0. The molecule has 2 nitrogen and oxygen atoms in total. The lowest BCUT2D eigenvalue weighted by molar-refractivity contribution is 0.784. The normalized spacial score (nSPS) is 9.91. The minimum Gasteiger partial charge on any atom is -0.261 e. The van der Waals surface area contributed by atoms with Crippen LogP contribution in [-0.4, -0.2) is 9.97 Å². The van der Waals surface area contributed by atoms with Crippen LogP contribution in [0.25, 0.3) is 0 Å². The zero-order chi connectivity index (χ0) is 7.94. The largest absolute Gasteiger partial charge is 0.261 e. The molecule has 1 heterocycles. The van der Waals surface area contributed by atoms with E-state index in [9.17, 15) is 0 Å². The van der Waals surface area contributed by atoms with Gasteiger partial charge in [-0.1, -0.05) is 19.8 Å². The first-order chi connectivity index (χ1) is 5.43. The predicted octanol–water partition coefficient (Wildman–Crippen LogP) is 2.22. The van der Waals surface area contributed by atoms with Crippen LogP contribution in [0, 0.1) is 6.42 Å². The van der Waals surface area contributed by atoms with Gasteiger partial charge in [0.2, 0.25) is 0 Å². The van der Waals surface area contributed by atoms with Crippen LogP contribution in [0.3, 0.4) is 0 Å². The lowest BCUT2D eigenvalue weighted by Crippen LogP contribution is -1.87. The van der Waals surface area contributed by atoms with E-state index in [4.69, 9.17) is 0 Å². The Bertz CT molecular complexity index is 184. The zero-order valence-electron chi connectivity index (χ0n) is 6.83. The highest BCUT2D eigenvalue weighted by Crippen LogP contribution is 2.03. The van der Waals surface area contributed by atoms with Gasteiger partial charge in [-0.05, 0) is 6.42 Å². The molecule has 0 aliphatic carbocycles. The number of hydrogen-bond donors (Lipinski definition) is 0. The summed E-state index contributed by atoms with van der Waals surface area (Å²) in [5, 5.41) is 0. The molecular formula is C9H13N2. The SMILES string of the molecule is CCCC[CH]c1cnccn1. The van der Waals surface area contributed by atoms with Crippen LogP contribution in [0.15, 0.2) is 18.6 Å². The van der Waals surface area contributed by atoms with E-state index >= 15 is 0 Å². The first-order valence-electron chi connectivity index (χ1n) is 4.02. The molecular weight excluding hydrogens is 136 g/mol. The first-order valence-corrected chi connectivity index (χ1v) is 4.02. The van der Waals surface area contributed by atoms with Crippen molar-refractivity contribution in [3.8, 4) is 0 Å². The summed E-state index contributed by atoms with van der Waals surface area (Å²) in [6.07, 6.45) is 10.9. The molecule has 0 amide bonds. The highest BCUT2D eigenvalue weighted by Gasteiger charge is 1.92. The van der Waals surface area contributed by atoms with Gasteiger partial charge in [-0.15, -0.1) is 0 Å². The maximum absolute atomic E-state index is 4.13. The van der Waals surface area contributed by atoms with Gasteiger partial charge < -0.3 is 0 Å². The number of rotatable bonds is 4. The van der Waals surface area contributed by atoms with Crippen molar-refractivity contribution < 1.29 is 0 Å². The molecule has 0 bridgehead atoms. The summed E-state index contributed by atoms with van der Waals surface area (Å²) >= 11 is 0. The number of unbranched alkanes of at least 4 members (excludes halogenated alkanes) is 2. The van der Waals surface area contributed by atoms with Crippen molar-refractivity contribution in [2.45, 2.75) is 26.2 Å². The van der Waals surface area contributed by atoms with Gasteiger partial charge in [0.05, 0.1) is 5.69 Å². The van der Waals surface area contributed by atoms with Gasteiger partial charge in [0.25, 0.3) is 0 Å². The van der Waals surface area contributed by atoms with Crippen molar-refractivity contribution in [1.29, 1.82) is 0 Å². The molecule has 0 aliphatic rings. The molecule has 0 unspecified atom stereocenters. The van der Waals surface area contributed by atoms with Gasteiger partial charge in [-0.2, -0.15) is 0 Å². The lowest BCUT2D eigenvalue weighted by atomic mass is 10.2. The average molecular weight is 149 g/mol. The van der Waals surface area contributed by atoms with Crippen molar-refractivity contribution >= 4 is 0 Å². The van der Waals surface area contributed by atoms with E-state index < -0.39 is 0 Å². The summed E-state index contributed by atoms with van der Waals surface area (Å²) in [6.45, 7) is 2.19. The van der Waals surface area contributed by atoms with E-state index in [1.807, 2.05) is 0 Å². The Kier molecular flexibility index (Phi) is 3.59. The molecule has 0 atom stereocenters. The average Bonchev–Trinajstić information content (AvgIpc) is 2.07. The van der Waals surface area contributed by atoms with E-state index in [0.29, 0.717) is 0 Å². The summed E-state index contributed by atoms with van der Waals surface area (Å²) in [4.78, 5) is 8.10. The van der Waals surface area contributed by atoms with E-state index in [1.54, 1.807) is 18.6 Å². The van der Waals surface area contributed by atoms with Gasteiger partial charge in [-0.3, -0.25) is 9.97 Å². The lowest BCUT2D eigenvalue weighted by Gasteiger charge is -1.96. The zero-order valence-corrected chi connectivity index (χ0v) is 6.83. The molecule has 59 valence electrons. The maximum Gasteiger partial charge on any atom is 0.0624 e. The molecule has 1 radical (unpaired) electrons. The van der Waals surface area contributed by atoms with Crippen LogP contribution < -0.4 is 0 Å². The molecule has 0 spiro atoms. The van der Waals surface area contributed by atoms with Crippen LogP contribution in [0.5, 0.6) is 0 Å². The van der Waals surface area contributed by atoms with Gasteiger partial charge in [0.15, 0.2) is 0 Å². The van der Waals surface area contributed by atoms with Crippen molar-refractivity contribution in [2.24, 2.45) is 0 Å². The topological polar surface area (TPSA) is 25.8 Å². The van der Waals surface area contributed by atoms with Crippen molar-refractivity contribution in [3.63, 3.8) is 0 Å². The van der Waals surface area contributed by atoms with Crippen LogP contribution in [0.4, 0.5) is 0 Å². The second-order valence-corrected chi connectivity index (χ2v) is 2.48. The molecule has 0 N–H and O–H groups in total. The fourth-order valence-electron chi connectivity index (χ4n) is 0.870. The molecule has 2 heteroatoms. The minimum absolute atomic E-state index is 0.987. The van der Waals surface area contributed by atoms with E-state index in [1.165, 1.54) is 12.8 Å². The summed E-state index contributed by atoms with van der Waals surface area (Å²) < 4.78 is 0. The van der Waals surface area contributed by atoms with Crippen LogP contribution in [0.2, 0.25) is 0 Å². The third-order valence-corrected chi connectivity index (χ3v) is 1.49. The minimum atomic E-state index is 0.987. The smallest absolute Gasteiger partial charge is 0.0624 e. The van der Waals surface area contributed by atoms with Gasteiger partial charge in [-0.25, -0.2) is 0 Å². The summed E-state index contributed by atoms with van der Waals surface area (Å²) in [5.41, 5.74) is 0.987. The molecule has 0 saturated heterocycles. The third-order valence-electron chi connectivity index (χ3n) is 1.49. The van der Waals surface area contributed by atoms with Gasteiger partial charge in [0, 0.05) is 25.0 Å². The predicted molar refractivity (Wildman–Crippen MR) is 45.0 cm³/mol. The standard InChI is InChI=1S/C9H13N2/c1-2-3-4-5-9-8-10-6-7-11-9/h5-8H,2-4H2,1H3. The quantitative estimate of drug-likeness (QED) is 0.613. The Morgan fingerprint density at radius 2 is 2.36 bits per heavy atom. The van der Waals surface area contributed by atoms with E-state index in [0.717, 1.165) is 12.1 Å². The molecule has 0 aliphatic heterocycles. The van der Waals surface area contributed by atoms with Crippen molar-refractivity contribution in [2.75, 3.05) is 0 Å². The van der Waals surface area contributed by atoms with Crippen LogP contribution >= 0.6 is 0 Å². The Hall–Kier alpha value is -0.920. The highest BCUT2D eigenvalue weighted by atomic mass is 14.8. The van der Waals surface area contributed by atoms with Crippen molar-refractivity contribution in [3.05, 3.63) is 30.7 Å². The van der Waals surface area contributed by atoms with Gasteiger partial charge in [0.1, 0.15) is 0 Å². The second kappa shape index (κ2) is 4.83. The highest BCUT2D eigenvalue weighted by molar-refractivity contribution is 5.06. The second-order valence-electron chi connectivity index (χ2n) is 2.48. The van der Waals surface area contributed by atoms with Crippen molar-refractivity contribution in [1.82, 2.24) is 9.97 Å². The fourth-order valence-corrected chi connectivity index (χ4v) is 0.870. The molecule has 1 rings (SSSR count). The Labute approximate surface area is 67.7 Å². The molecule has 1 aromatic rings. The monoisotopic (exact) mass is 149 g/mol. The molecule has 0 fully saturated rings.